The zero-order valence-electron chi connectivity index (χ0n) is 14.7. The van der Waals surface area contributed by atoms with Crippen LogP contribution in [-0.4, -0.2) is 29.7 Å². The Kier molecular flexibility index (Phi) is 3.32. The highest BCUT2D eigenvalue weighted by atomic mass is 19.1. The van der Waals surface area contributed by atoms with Gasteiger partial charge in [0, 0.05) is 29.8 Å². The van der Waals surface area contributed by atoms with Crippen molar-refractivity contribution in [2.24, 2.45) is 7.05 Å². The van der Waals surface area contributed by atoms with E-state index >= 15 is 0 Å². The van der Waals surface area contributed by atoms with Crippen LogP contribution in [0.5, 0.6) is 0 Å². The lowest BCUT2D eigenvalue weighted by molar-refractivity contribution is 0.636. The second-order valence-electron chi connectivity index (χ2n) is 6.51. The van der Waals surface area contributed by atoms with Crippen LogP contribution in [0.15, 0.2) is 47.9 Å². The number of hydrogen-bond acceptors (Lipinski definition) is 5. The molecule has 4 N–H and O–H groups in total. The Balaban J connectivity index is 1.85. The first kappa shape index (κ1) is 16.2. The Morgan fingerprint density at radius 2 is 2.07 bits per heavy atom. The van der Waals surface area contributed by atoms with Crippen molar-refractivity contribution in [1.29, 1.82) is 0 Å². The molecule has 0 atom stereocenters. The van der Waals surface area contributed by atoms with Crippen LogP contribution < -0.4 is 11.3 Å². The third kappa shape index (κ3) is 2.22. The number of anilines is 1. The van der Waals surface area contributed by atoms with Gasteiger partial charge in [-0.05, 0) is 17.7 Å². The molecule has 0 saturated carbocycles. The molecule has 0 unspecified atom stereocenters. The van der Waals surface area contributed by atoms with E-state index < -0.39 is 11.4 Å². The van der Waals surface area contributed by atoms with Crippen LogP contribution in [0.25, 0.3) is 44.3 Å². The number of hydrogen-bond donors (Lipinski definition) is 3. The van der Waals surface area contributed by atoms with Gasteiger partial charge in [0.15, 0.2) is 0 Å². The van der Waals surface area contributed by atoms with Gasteiger partial charge in [-0.25, -0.2) is 9.37 Å². The summed E-state index contributed by atoms with van der Waals surface area (Å²) in [5, 5.41) is 7.07. The number of nitrogens with two attached hydrogens (primary N) is 1. The average molecular weight is 375 g/mol. The van der Waals surface area contributed by atoms with E-state index in [1.165, 1.54) is 12.3 Å². The van der Waals surface area contributed by atoms with Gasteiger partial charge in [0.2, 0.25) is 0 Å². The number of nitrogens with one attached hydrogen (secondary N) is 2. The monoisotopic (exact) mass is 375 g/mol. The lowest BCUT2D eigenvalue weighted by Gasteiger charge is -2.11. The SMILES string of the molecule is Cn1cncc1-c1cnc2c(-c3ccc(F)c4[nH]ncc34)c(N)c(=O)[nH]c2c1. The second-order valence-corrected chi connectivity index (χ2v) is 6.51. The molecule has 5 rings (SSSR count). The number of aryl methyl sites for hydroxylation is 1. The summed E-state index contributed by atoms with van der Waals surface area (Å²) >= 11 is 0. The summed E-state index contributed by atoms with van der Waals surface area (Å²) in [6.07, 6.45) is 6.60. The summed E-state index contributed by atoms with van der Waals surface area (Å²) in [5.41, 5.74) is 9.65. The minimum Gasteiger partial charge on any atom is -0.394 e. The number of nitrogen functional groups attached to an aromatic ring is 1. The van der Waals surface area contributed by atoms with E-state index in [1.807, 2.05) is 17.7 Å². The first-order chi connectivity index (χ1) is 13.5. The fourth-order valence-electron chi connectivity index (χ4n) is 3.46. The van der Waals surface area contributed by atoms with Gasteiger partial charge in [0.05, 0.1) is 35.4 Å². The third-order valence-corrected chi connectivity index (χ3v) is 4.83. The van der Waals surface area contributed by atoms with Crippen LogP contribution in [0.1, 0.15) is 0 Å². The Bertz CT molecular complexity index is 1430. The zero-order chi connectivity index (χ0) is 19.4. The van der Waals surface area contributed by atoms with Crippen molar-refractivity contribution in [3.63, 3.8) is 0 Å². The summed E-state index contributed by atoms with van der Waals surface area (Å²) < 4.78 is 15.9. The first-order valence-electron chi connectivity index (χ1n) is 8.44. The quantitative estimate of drug-likeness (QED) is 0.438. The van der Waals surface area contributed by atoms with Crippen molar-refractivity contribution >= 4 is 27.6 Å². The molecule has 0 amide bonds. The molecule has 0 fully saturated rings. The fourth-order valence-corrected chi connectivity index (χ4v) is 3.46. The standard InChI is InChI=1S/C19H14FN7O/c1-27-8-22-7-14(27)9-4-13-18(23-5-9)15(16(21)19(28)25-13)10-2-3-12(20)17-11(10)6-24-26-17/h2-8H,21H2,1H3,(H,24,26)(H,25,28). The summed E-state index contributed by atoms with van der Waals surface area (Å²) in [7, 11) is 1.87. The van der Waals surface area contributed by atoms with E-state index in [0.29, 0.717) is 27.5 Å². The number of aromatic nitrogens is 6. The minimum atomic E-state index is -0.438. The zero-order valence-corrected chi connectivity index (χ0v) is 14.7. The smallest absolute Gasteiger partial charge is 0.272 e. The number of fused-ring (bicyclic) bond motifs is 2. The molecular weight excluding hydrogens is 361 g/mol. The summed E-state index contributed by atoms with van der Waals surface area (Å²) in [5.74, 6) is -0.435. The molecule has 0 aliphatic heterocycles. The van der Waals surface area contributed by atoms with E-state index in [0.717, 1.165) is 11.3 Å². The Morgan fingerprint density at radius 1 is 1.21 bits per heavy atom. The minimum absolute atomic E-state index is 0.0161. The summed E-state index contributed by atoms with van der Waals surface area (Å²) in [6, 6.07) is 4.71. The van der Waals surface area contributed by atoms with E-state index in [-0.39, 0.29) is 11.2 Å². The number of imidazole rings is 1. The van der Waals surface area contributed by atoms with Crippen LogP contribution >= 0.6 is 0 Å². The van der Waals surface area contributed by atoms with Crippen molar-refractivity contribution in [3.05, 3.63) is 59.3 Å². The molecule has 0 spiro atoms. The predicted octanol–water partition coefficient (Wildman–Crippen LogP) is 2.59. The number of nitrogens with zero attached hydrogens (tertiary/aromatic N) is 4. The molecule has 0 radical (unpaired) electrons. The molecule has 138 valence electrons. The maximum absolute atomic E-state index is 14.1. The number of aromatic amines is 2. The number of H-pyrrole nitrogens is 2. The van der Waals surface area contributed by atoms with Crippen molar-refractivity contribution in [1.82, 2.24) is 29.7 Å². The normalized spacial score (nSPS) is 11.5. The van der Waals surface area contributed by atoms with Crippen molar-refractivity contribution < 1.29 is 4.39 Å². The Hall–Kier alpha value is -4.01. The Labute approximate surface area is 156 Å². The molecule has 28 heavy (non-hydrogen) atoms. The molecule has 5 aromatic rings. The average Bonchev–Trinajstić information content (AvgIpc) is 3.33. The van der Waals surface area contributed by atoms with Gasteiger partial charge in [-0.2, -0.15) is 5.10 Å². The van der Waals surface area contributed by atoms with Crippen LogP contribution in [0.2, 0.25) is 0 Å². The molecule has 4 aromatic heterocycles. The van der Waals surface area contributed by atoms with Crippen molar-refractivity contribution in [2.75, 3.05) is 5.73 Å². The molecule has 0 saturated heterocycles. The molecule has 0 aliphatic rings. The molecular formula is C19H14FN7O. The van der Waals surface area contributed by atoms with Gasteiger partial charge in [-0.1, -0.05) is 6.07 Å². The van der Waals surface area contributed by atoms with Crippen LogP contribution in [-0.2, 0) is 7.05 Å². The molecule has 4 heterocycles. The van der Waals surface area contributed by atoms with E-state index in [2.05, 4.69) is 25.1 Å². The lowest BCUT2D eigenvalue weighted by atomic mass is 9.99. The maximum atomic E-state index is 14.1. The van der Waals surface area contributed by atoms with E-state index in [4.69, 9.17) is 5.73 Å². The largest absolute Gasteiger partial charge is 0.394 e. The van der Waals surface area contributed by atoms with Crippen LogP contribution in [0, 0.1) is 5.82 Å². The fraction of sp³-hybridized carbons (Fsp3) is 0.0526. The van der Waals surface area contributed by atoms with Gasteiger partial charge in [-0.15, -0.1) is 0 Å². The third-order valence-electron chi connectivity index (χ3n) is 4.83. The number of rotatable bonds is 2. The van der Waals surface area contributed by atoms with Gasteiger partial charge >= 0.3 is 0 Å². The summed E-state index contributed by atoms with van der Waals surface area (Å²) in [6.45, 7) is 0. The van der Waals surface area contributed by atoms with E-state index in [9.17, 15) is 9.18 Å². The number of benzene rings is 1. The molecule has 0 aliphatic carbocycles. The van der Waals surface area contributed by atoms with Gasteiger partial charge < -0.3 is 15.3 Å². The van der Waals surface area contributed by atoms with Crippen LogP contribution in [0.4, 0.5) is 10.1 Å². The highest BCUT2D eigenvalue weighted by Crippen LogP contribution is 2.36. The van der Waals surface area contributed by atoms with Gasteiger partial charge in [0.25, 0.3) is 5.56 Å². The first-order valence-corrected chi connectivity index (χ1v) is 8.44. The van der Waals surface area contributed by atoms with Gasteiger partial charge in [0.1, 0.15) is 17.0 Å². The van der Waals surface area contributed by atoms with Crippen molar-refractivity contribution in [3.8, 4) is 22.4 Å². The topological polar surface area (TPSA) is 118 Å². The maximum Gasteiger partial charge on any atom is 0.272 e. The predicted molar refractivity (Wildman–Crippen MR) is 104 cm³/mol. The van der Waals surface area contributed by atoms with E-state index in [1.54, 1.807) is 24.8 Å². The molecule has 1 aromatic carbocycles. The molecule has 0 bridgehead atoms. The molecule has 8 nitrogen and oxygen atoms in total. The van der Waals surface area contributed by atoms with Gasteiger partial charge in [-0.3, -0.25) is 14.9 Å². The number of halogens is 1. The number of pyridine rings is 2. The lowest BCUT2D eigenvalue weighted by Crippen LogP contribution is -2.14. The molecule has 9 heteroatoms. The second kappa shape index (κ2) is 5.74. The highest BCUT2D eigenvalue weighted by Gasteiger charge is 2.18. The highest BCUT2D eigenvalue weighted by molar-refractivity contribution is 6.06. The Morgan fingerprint density at radius 3 is 2.86 bits per heavy atom. The van der Waals surface area contributed by atoms with Crippen LogP contribution in [0.3, 0.4) is 0 Å². The summed E-state index contributed by atoms with van der Waals surface area (Å²) in [4.78, 5) is 23.9. The van der Waals surface area contributed by atoms with Crippen molar-refractivity contribution in [2.45, 2.75) is 0 Å².